The molecule has 39 heavy (non-hydrogen) atoms. The van der Waals surface area contributed by atoms with E-state index in [1.54, 1.807) is 12.3 Å². The average Bonchev–Trinajstić information content (AvgIpc) is 2.87. The highest BCUT2D eigenvalue weighted by atomic mass is 19.1. The molecule has 0 bridgehead atoms. The summed E-state index contributed by atoms with van der Waals surface area (Å²) in [4.78, 5) is 23.1. The van der Waals surface area contributed by atoms with Gasteiger partial charge in [0, 0.05) is 38.4 Å². The van der Waals surface area contributed by atoms with Crippen LogP contribution in [0.1, 0.15) is 23.0 Å². The number of aliphatic hydroxyl groups is 1. The number of halogens is 3. The Balaban J connectivity index is 1.43. The van der Waals surface area contributed by atoms with Crippen LogP contribution in [-0.2, 0) is 15.1 Å². The molecule has 206 valence electrons. The van der Waals surface area contributed by atoms with Gasteiger partial charge in [0.25, 0.3) is 5.91 Å². The Hall–Kier alpha value is -3.58. The Bertz CT molecular complexity index is 1360. The zero-order valence-electron chi connectivity index (χ0n) is 21.3. The van der Waals surface area contributed by atoms with Crippen LogP contribution in [0.4, 0.5) is 24.5 Å². The van der Waals surface area contributed by atoms with Gasteiger partial charge < -0.3 is 30.5 Å². The molecule has 3 atom stereocenters. The third-order valence-electron chi connectivity index (χ3n) is 7.29. The Labute approximate surface area is 222 Å². The normalized spacial score (nSPS) is 22.3. The number of hydrogen-bond donors (Lipinski definition) is 3. The number of aromatic nitrogens is 2. The number of anilines is 2. The number of hydrogen-bond acceptors (Lipinski definition) is 8. The van der Waals surface area contributed by atoms with Crippen molar-refractivity contribution in [2.24, 2.45) is 11.7 Å². The van der Waals surface area contributed by atoms with Crippen molar-refractivity contribution in [3.63, 3.8) is 0 Å². The Morgan fingerprint density at radius 2 is 1.90 bits per heavy atom. The minimum absolute atomic E-state index is 0.112. The van der Waals surface area contributed by atoms with Crippen LogP contribution in [0.5, 0.6) is 0 Å². The lowest BCUT2D eigenvalue weighted by molar-refractivity contribution is -0.202. The predicted octanol–water partition coefficient (Wildman–Crippen LogP) is 2.83. The molecule has 4 heterocycles. The maximum Gasteiger partial charge on any atom is 0.274 e. The van der Waals surface area contributed by atoms with E-state index in [9.17, 15) is 14.3 Å². The molecule has 1 amide bonds. The second-order valence-corrected chi connectivity index (χ2v) is 9.92. The van der Waals surface area contributed by atoms with Crippen molar-refractivity contribution in [1.82, 2.24) is 9.97 Å². The first-order valence-electron chi connectivity index (χ1n) is 12.4. The highest BCUT2D eigenvalue weighted by molar-refractivity contribution is 6.04. The van der Waals surface area contributed by atoms with Crippen molar-refractivity contribution < 1.29 is 32.5 Å². The van der Waals surface area contributed by atoms with Crippen LogP contribution in [0, 0.1) is 23.4 Å². The number of ether oxygens (including phenoxy) is 2. The summed E-state index contributed by atoms with van der Waals surface area (Å²) in [7, 11) is 1.41. The highest BCUT2D eigenvalue weighted by Crippen LogP contribution is 2.37. The van der Waals surface area contributed by atoms with E-state index >= 15 is 8.78 Å². The number of rotatable bonds is 6. The van der Waals surface area contributed by atoms with Gasteiger partial charge in [0.1, 0.15) is 34.4 Å². The van der Waals surface area contributed by atoms with Gasteiger partial charge in [-0.25, -0.2) is 18.2 Å². The lowest BCUT2D eigenvalue weighted by Crippen LogP contribution is -2.55. The van der Waals surface area contributed by atoms with E-state index in [1.165, 1.54) is 13.3 Å². The molecule has 2 saturated heterocycles. The van der Waals surface area contributed by atoms with Gasteiger partial charge in [-0.05, 0) is 35.9 Å². The van der Waals surface area contributed by atoms with Crippen LogP contribution in [-0.4, -0.2) is 66.5 Å². The number of benzene rings is 1. The fourth-order valence-electron chi connectivity index (χ4n) is 4.95. The highest BCUT2D eigenvalue weighted by Gasteiger charge is 2.42. The fourth-order valence-corrected chi connectivity index (χ4v) is 4.95. The number of carbonyl (C=O) groups excluding carboxylic acids is 1. The van der Waals surface area contributed by atoms with Crippen molar-refractivity contribution in [1.29, 1.82) is 0 Å². The third-order valence-corrected chi connectivity index (χ3v) is 7.29. The van der Waals surface area contributed by atoms with Crippen LogP contribution in [0.3, 0.4) is 0 Å². The molecule has 2 aromatic heterocycles. The van der Waals surface area contributed by atoms with Crippen LogP contribution >= 0.6 is 0 Å². The molecule has 2 aliphatic rings. The van der Waals surface area contributed by atoms with E-state index < -0.39 is 52.4 Å². The van der Waals surface area contributed by atoms with Crippen molar-refractivity contribution in [2.75, 3.05) is 43.6 Å². The molecule has 5 rings (SSSR count). The number of methoxy groups -OCH3 is 1. The zero-order valence-corrected chi connectivity index (χ0v) is 21.3. The number of nitrogens with two attached hydrogens (primary N) is 1. The zero-order chi connectivity index (χ0) is 27.9. The van der Waals surface area contributed by atoms with Gasteiger partial charge in [0.2, 0.25) is 0 Å². The van der Waals surface area contributed by atoms with Gasteiger partial charge in [-0.15, -0.1) is 0 Å². The summed E-state index contributed by atoms with van der Waals surface area (Å²) >= 11 is 0. The van der Waals surface area contributed by atoms with Gasteiger partial charge in [-0.3, -0.25) is 9.78 Å². The van der Waals surface area contributed by atoms with Gasteiger partial charge in [-0.1, -0.05) is 6.92 Å². The molecule has 0 saturated carbocycles. The Morgan fingerprint density at radius 1 is 1.18 bits per heavy atom. The van der Waals surface area contributed by atoms with Crippen LogP contribution in [0.15, 0.2) is 42.7 Å². The van der Waals surface area contributed by atoms with Crippen molar-refractivity contribution in [3.8, 4) is 11.3 Å². The number of aliphatic hydroxyl groups excluding tert-OH is 1. The Kier molecular flexibility index (Phi) is 7.29. The second-order valence-electron chi connectivity index (χ2n) is 9.92. The summed E-state index contributed by atoms with van der Waals surface area (Å²) in [6.07, 6.45) is 2.34. The van der Waals surface area contributed by atoms with Crippen molar-refractivity contribution in [2.45, 2.75) is 24.7 Å². The van der Waals surface area contributed by atoms with Crippen molar-refractivity contribution >= 4 is 17.3 Å². The van der Waals surface area contributed by atoms with Gasteiger partial charge >= 0.3 is 0 Å². The first-order valence-corrected chi connectivity index (χ1v) is 12.4. The molecular formula is C27H28F3N5O4. The third kappa shape index (κ3) is 4.96. The molecule has 1 aromatic carbocycles. The smallest absolute Gasteiger partial charge is 0.274 e. The maximum absolute atomic E-state index is 15.1. The van der Waals surface area contributed by atoms with Gasteiger partial charge in [0.15, 0.2) is 0 Å². The molecule has 0 radical (unpaired) electrons. The van der Waals surface area contributed by atoms with Crippen LogP contribution in [0.25, 0.3) is 11.3 Å². The number of pyridine rings is 2. The predicted molar refractivity (Wildman–Crippen MR) is 137 cm³/mol. The quantitative estimate of drug-likeness (QED) is 0.434. The van der Waals surface area contributed by atoms with E-state index in [0.29, 0.717) is 24.5 Å². The van der Waals surface area contributed by atoms with Gasteiger partial charge in [-0.2, -0.15) is 0 Å². The van der Waals surface area contributed by atoms with E-state index in [2.05, 4.69) is 15.3 Å². The lowest BCUT2D eigenvalue weighted by Gasteiger charge is -2.40. The summed E-state index contributed by atoms with van der Waals surface area (Å²) in [5.74, 6) is -3.95. The first kappa shape index (κ1) is 27.0. The molecule has 2 aliphatic heterocycles. The molecule has 0 unspecified atom stereocenters. The molecule has 3 aromatic rings. The minimum Gasteiger partial charge on any atom is -0.391 e. The SMILES string of the molecule is COC1(c2cc(F)c(-c3nc(C(=O)Nc4cnccc4N4C[C@@H](N)[C@H](O)[C@@H](C)C4)ccc3F)c(F)c2)COC1. The number of carbonyl (C=O) groups is 1. The summed E-state index contributed by atoms with van der Waals surface area (Å²) in [5.41, 5.74) is 4.67. The molecule has 0 spiro atoms. The molecule has 2 fully saturated rings. The number of amides is 1. The summed E-state index contributed by atoms with van der Waals surface area (Å²) in [6, 6.07) is 5.37. The topological polar surface area (TPSA) is 123 Å². The average molecular weight is 544 g/mol. The Morgan fingerprint density at radius 3 is 2.51 bits per heavy atom. The molecule has 9 nitrogen and oxygen atoms in total. The summed E-state index contributed by atoms with van der Waals surface area (Å²) < 4.78 is 55.6. The van der Waals surface area contributed by atoms with E-state index in [1.807, 2.05) is 11.8 Å². The lowest BCUT2D eigenvalue weighted by atomic mass is 9.90. The van der Waals surface area contributed by atoms with Crippen molar-refractivity contribution in [3.05, 3.63) is 71.4 Å². The fraction of sp³-hybridized carbons (Fsp3) is 0.370. The molecule has 12 heteroatoms. The maximum atomic E-state index is 15.1. The first-order chi connectivity index (χ1) is 18.6. The van der Waals surface area contributed by atoms with Crippen LogP contribution < -0.4 is 16.0 Å². The molecule has 4 N–H and O–H groups in total. The minimum atomic E-state index is -1.05. The van der Waals surface area contributed by atoms with E-state index in [0.717, 1.165) is 24.3 Å². The monoisotopic (exact) mass is 543 g/mol. The summed E-state index contributed by atoms with van der Waals surface area (Å²) in [6.45, 7) is 2.97. The second kappa shape index (κ2) is 10.5. The largest absolute Gasteiger partial charge is 0.391 e. The van der Waals surface area contributed by atoms with E-state index in [-0.39, 0.29) is 30.4 Å². The molecular weight excluding hydrogens is 515 g/mol. The number of piperidine rings is 1. The standard InChI is InChI=1S/C27H28F3N5O4/c1-14-10-35(11-19(31)25(14)36)22-5-6-32-9-21(22)34-26(37)20-4-3-16(28)24(33-20)23-17(29)7-15(8-18(23)30)27(38-2)12-39-13-27/h3-9,14,19,25,36H,10-13,31H2,1-2H3,(H,34,37)/t14-,19+,25+/m0/s1. The number of nitrogens with one attached hydrogen (secondary N) is 1. The molecule has 0 aliphatic carbocycles. The van der Waals surface area contributed by atoms with E-state index in [4.69, 9.17) is 15.2 Å². The number of nitrogens with zero attached hydrogens (tertiary/aromatic N) is 3. The van der Waals surface area contributed by atoms with Gasteiger partial charge in [0.05, 0.1) is 42.5 Å². The van der Waals surface area contributed by atoms with Crippen LogP contribution in [0.2, 0.25) is 0 Å². The summed E-state index contributed by atoms with van der Waals surface area (Å²) in [5, 5.41) is 12.9.